The van der Waals surface area contributed by atoms with Gasteiger partial charge < -0.3 is 10.6 Å². The molecule has 0 radical (unpaired) electrons. The van der Waals surface area contributed by atoms with Crippen molar-refractivity contribution in [2.24, 2.45) is 5.73 Å². The monoisotopic (exact) mass is 299 g/mol. The van der Waals surface area contributed by atoms with Crippen molar-refractivity contribution < 1.29 is 0 Å². The van der Waals surface area contributed by atoms with E-state index >= 15 is 0 Å². The minimum Gasteiger partial charge on any atom is -0.384 e. The van der Waals surface area contributed by atoms with Crippen molar-refractivity contribution in [1.82, 2.24) is 0 Å². The molecule has 21 heavy (non-hydrogen) atoms. The summed E-state index contributed by atoms with van der Waals surface area (Å²) >= 11 is 6.35. The lowest BCUT2D eigenvalue weighted by molar-refractivity contribution is 0.775. The first-order valence-corrected chi connectivity index (χ1v) is 7.47. The van der Waals surface area contributed by atoms with Gasteiger partial charge in [-0.15, -0.1) is 0 Å². The zero-order valence-electron chi connectivity index (χ0n) is 11.7. The number of nitrogens with two attached hydrogens (primary N) is 1. The highest BCUT2D eigenvalue weighted by atomic mass is 35.5. The Hall–Kier alpha value is -2.00. The van der Waals surface area contributed by atoms with Gasteiger partial charge in [0.1, 0.15) is 5.84 Å². The Bertz CT molecular complexity index is 654. The molecule has 1 atom stereocenters. The molecule has 3 rings (SSSR count). The van der Waals surface area contributed by atoms with Crippen LogP contribution in [-0.4, -0.2) is 18.9 Å². The summed E-state index contributed by atoms with van der Waals surface area (Å²) in [7, 11) is 0. The molecule has 0 saturated carbocycles. The Morgan fingerprint density at radius 2 is 1.95 bits per heavy atom. The summed E-state index contributed by atoms with van der Waals surface area (Å²) in [5.41, 5.74) is 8.58. The fourth-order valence-corrected chi connectivity index (χ4v) is 3.21. The van der Waals surface area contributed by atoms with E-state index in [1.807, 2.05) is 18.2 Å². The van der Waals surface area contributed by atoms with Crippen LogP contribution in [0.4, 0.5) is 5.69 Å². The third-order valence-corrected chi connectivity index (χ3v) is 4.36. The number of amidine groups is 1. The molecule has 3 nitrogen and oxygen atoms in total. The lowest BCUT2D eigenvalue weighted by atomic mass is 9.99. The van der Waals surface area contributed by atoms with Gasteiger partial charge in [-0.1, -0.05) is 41.9 Å². The predicted molar refractivity (Wildman–Crippen MR) is 88.5 cm³/mol. The van der Waals surface area contributed by atoms with E-state index < -0.39 is 0 Å². The van der Waals surface area contributed by atoms with Gasteiger partial charge in [-0.3, -0.25) is 5.41 Å². The molecule has 0 spiro atoms. The van der Waals surface area contributed by atoms with Crippen molar-refractivity contribution in [3.8, 4) is 0 Å². The van der Waals surface area contributed by atoms with Crippen LogP contribution in [-0.2, 0) is 0 Å². The number of nitrogens with one attached hydrogen (secondary N) is 1. The SMILES string of the molecule is N=C(N)c1ccc(N2CCC(c3ccccc3)C2)c(Cl)c1. The third kappa shape index (κ3) is 2.88. The summed E-state index contributed by atoms with van der Waals surface area (Å²) in [4.78, 5) is 2.31. The zero-order valence-corrected chi connectivity index (χ0v) is 12.5. The van der Waals surface area contributed by atoms with Gasteiger partial charge in [0.05, 0.1) is 10.7 Å². The molecular formula is C17H18ClN3. The molecule has 1 aliphatic rings. The fraction of sp³-hybridized carbons (Fsp3) is 0.235. The molecule has 3 N–H and O–H groups in total. The van der Waals surface area contributed by atoms with Crippen molar-refractivity contribution in [3.63, 3.8) is 0 Å². The molecule has 108 valence electrons. The number of rotatable bonds is 3. The highest BCUT2D eigenvalue weighted by Gasteiger charge is 2.25. The number of nitrogen functional groups attached to an aromatic ring is 1. The maximum absolute atomic E-state index is 7.46. The van der Waals surface area contributed by atoms with Crippen LogP contribution >= 0.6 is 11.6 Å². The zero-order chi connectivity index (χ0) is 14.8. The van der Waals surface area contributed by atoms with Crippen LogP contribution in [0, 0.1) is 5.41 Å². The normalized spacial score (nSPS) is 18.0. The summed E-state index contributed by atoms with van der Waals surface area (Å²) in [6, 6.07) is 16.2. The number of hydrogen-bond acceptors (Lipinski definition) is 2. The quantitative estimate of drug-likeness (QED) is 0.672. The van der Waals surface area contributed by atoms with Gasteiger partial charge in [-0.25, -0.2) is 0 Å². The molecule has 2 aromatic carbocycles. The minimum absolute atomic E-state index is 0.0482. The molecule has 1 aliphatic heterocycles. The number of anilines is 1. The van der Waals surface area contributed by atoms with Gasteiger partial charge in [-0.2, -0.15) is 0 Å². The molecule has 1 saturated heterocycles. The molecule has 0 amide bonds. The maximum atomic E-state index is 7.46. The van der Waals surface area contributed by atoms with E-state index in [1.54, 1.807) is 6.07 Å². The molecule has 2 aromatic rings. The van der Waals surface area contributed by atoms with E-state index in [0.717, 1.165) is 25.2 Å². The average molecular weight is 300 g/mol. The Morgan fingerprint density at radius 3 is 2.62 bits per heavy atom. The van der Waals surface area contributed by atoms with Crippen LogP contribution in [0.3, 0.4) is 0 Å². The van der Waals surface area contributed by atoms with Crippen molar-refractivity contribution >= 4 is 23.1 Å². The Morgan fingerprint density at radius 1 is 1.19 bits per heavy atom. The Balaban J connectivity index is 1.79. The smallest absolute Gasteiger partial charge is 0.122 e. The fourth-order valence-electron chi connectivity index (χ4n) is 2.91. The van der Waals surface area contributed by atoms with E-state index in [-0.39, 0.29) is 5.84 Å². The van der Waals surface area contributed by atoms with E-state index in [2.05, 4.69) is 29.2 Å². The second-order valence-electron chi connectivity index (χ2n) is 5.42. The first kappa shape index (κ1) is 14.0. The van der Waals surface area contributed by atoms with Crippen LogP contribution in [0.15, 0.2) is 48.5 Å². The largest absolute Gasteiger partial charge is 0.384 e. The van der Waals surface area contributed by atoms with Gasteiger partial charge in [0.15, 0.2) is 0 Å². The minimum atomic E-state index is 0.0482. The first-order valence-electron chi connectivity index (χ1n) is 7.09. The van der Waals surface area contributed by atoms with Gasteiger partial charge >= 0.3 is 0 Å². The van der Waals surface area contributed by atoms with E-state index in [1.165, 1.54) is 5.56 Å². The summed E-state index contributed by atoms with van der Waals surface area (Å²) in [6.45, 7) is 1.97. The summed E-state index contributed by atoms with van der Waals surface area (Å²) in [6.07, 6.45) is 1.13. The van der Waals surface area contributed by atoms with Crippen LogP contribution in [0.25, 0.3) is 0 Å². The lowest BCUT2D eigenvalue weighted by Gasteiger charge is -2.20. The molecule has 0 aromatic heterocycles. The molecular weight excluding hydrogens is 282 g/mol. The lowest BCUT2D eigenvalue weighted by Crippen LogP contribution is -2.20. The molecule has 1 heterocycles. The number of hydrogen-bond donors (Lipinski definition) is 2. The van der Waals surface area contributed by atoms with Gasteiger partial charge in [0, 0.05) is 24.6 Å². The highest BCUT2D eigenvalue weighted by molar-refractivity contribution is 6.33. The molecule has 0 bridgehead atoms. The molecule has 1 fully saturated rings. The number of nitrogens with zero attached hydrogens (tertiary/aromatic N) is 1. The second-order valence-corrected chi connectivity index (χ2v) is 5.83. The van der Waals surface area contributed by atoms with Crippen LogP contribution < -0.4 is 10.6 Å². The van der Waals surface area contributed by atoms with Crippen molar-refractivity contribution in [1.29, 1.82) is 5.41 Å². The van der Waals surface area contributed by atoms with Crippen LogP contribution in [0.1, 0.15) is 23.5 Å². The van der Waals surface area contributed by atoms with Crippen LogP contribution in [0.2, 0.25) is 5.02 Å². The van der Waals surface area contributed by atoms with E-state index in [0.29, 0.717) is 16.5 Å². The summed E-state index contributed by atoms with van der Waals surface area (Å²) < 4.78 is 0. The van der Waals surface area contributed by atoms with E-state index in [9.17, 15) is 0 Å². The molecule has 0 aliphatic carbocycles. The molecule has 1 unspecified atom stereocenters. The predicted octanol–water partition coefficient (Wildman–Crippen LogP) is 3.62. The second kappa shape index (κ2) is 5.78. The topological polar surface area (TPSA) is 53.1 Å². The van der Waals surface area contributed by atoms with Crippen LogP contribution in [0.5, 0.6) is 0 Å². The van der Waals surface area contributed by atoms with Crippen molar-refractivity contribution in [2.45, 2.75) is 12.3 Å². The van der Waals surface area contributed by atoms with Gasteiger partial charge in [0.25, 0.3) is 0 Å². The molecule has 4 heteroatoms. The number of halogens is 1. The average Bonchev–Trinajstić information content (AvgIpc) is 2.97. The van der Waals surface area contributed by atoms with Crippen molar-refractivity contribution in [3.05, 3.63) is 64.7 Å². The maximum Gasteiger partial charge on any atom is 0.122 e. The van der Waals surface area contributed by atoms with Gasteiger partial charge in [0.2, 0.25) is 0 Å². The third-order valence-electron chi connectivity index (χ3n) is 4.06. The highest BCUT2D eigenvalue weighted by Crippen LogP contribution is 2.34. The number of benzene rings is 2. The van der Waals surface area contributed by atoms with Crippen molar-refractivity contribution in [2.75, 3.05) is 18.0 Å². The van der Waals surface area contributed by atoms with E-state index in [4.69, 9.17) is 22.7 Å². The Kier molecular flexibility index (Phi) is 3.84. The Labute approximate surface area is 129 Å². The van der Waals surface area contributed by atoms with Gasteiger partial charge in [-0.05, 0) is 30.2 Å². The first-order chi connectivity index (χ1) is 10.1. The summed E-state index contributed by atoms with van der Waals surface area (Å²) in [5, 5.41) is 8.13. The summed E-state index contributed by atoms with van der Waals surface area (Å²) in [5.74, 6) is 0.599. The standard InChI is InChI=1S/C17H18ClN3/c18-15-10-13(17(19)20)6-7-16(15)21-9-8-14(11-21)12-4-2-1-3-5-12/h1-7,10,14H,8-9,11H2,(H3,19,20).